The second-order valence-corrected chi connectivity index (χ2v) is 4.33. The summed E-state index contributed by atoms with van der Waals surface area (Å²) in [5.74, 6) is 0.611. The van der Waals surface area contributed by atoms with Crippen molar-refractivity contribution in [1.82, 2.24) is 5.32 Å². The molecule has 0 aromatic heterocycles. The Bertz CT molecular complexity index is 408. The molecule has 16 heavy (non-hydrogen) atoms. The highest BCUT2D eigenvalue weighted by Crippen LogP contribution is 2.28. The fraction of sp³-hybridized carbons (Fsp3) is 0.308. The van der Waals surface area contributed by atoms with Crippen LogP contribution in [0.25, 0.3) is 6.08 Å². The highest BCUT2D eigenvalue weighted by atomic mass is 16.1. The minimum Gasteiger partial charge on any atom is -0.399 e. The van der Waals surface area contributed by atoms with Crippen LogP contribution in [0, 0.1) is 5.92 Å². The van der Waals surface area contributed by atoms with Gasteiger partial charge in [-0.25, -0.2) is 0 Å². The number of hydrogen-bond acceptors (Lipinski definition) is 2. The van der Waals surface area contributed by atoms with E-state index in [1.54, 1.807) is 12.2 Å². The van der Waals surface area contributed by atoms with Gasteiger partial charge in [0.15, 0.2) is 0 Å². The van der Waals surface area contributed by atoms with Crippen molar-refractivity contribution >= 4 is 17.7 Å². The van der Waals surface area contributed by atoms with E-state index in [1.807, 2.05) is 24.3 Å². The Balaban J connectivity index is 1.88. The maximum Gasteiger partial charge on any atom is 0.244 e. The number of carbonyl (C=O) groups is 1. The van der Waals surface area contributed by atoms with E-state index in [-0.39, 0.29) is 5.91 Å². The molecule has 1 fully saturated rings. The van der Waals surface area contributed by atoms with Crippen LogP contribution in [0.2, 0.25) is 0 Å². The molecule has 1 aromatic carbocycles. The van der Waals surface area contributed by atoms with Gasteiger partial charge in [0.05, 0.1) is 0 Å². The number of nitrogen functional groups attached to an aromatic ring is 1. The van der Waals surface area contributed by atoms with Gasteiger partial charge in [-0.1, -0.05) is 19.1 Å². The van der Waals surface area contributed by atoms with E-state index in [2.05, 4.69) is 12.2 Å². The third-order valence-corrected chi connectivity index (χ3v) is 2.80. The quantitative estimate of drug-likeness (QED) is 0.598. The van der Waals surface area contributed by atoms with E-state index in [0.29, 0.717) is 12.0 Å². The van der Waals surface area contributed by atoms with Crippen LogP contribution in [-0.2, 0) is 4.79 Å². The molecule has 3 heteroatoms. The molecule has 1 saturated carbocycles. The lowest BCUT2D eigenvalue weighted by molar-refractivity contribution is -0.116. The molecule has 0 bridgehead atoms. The Kier molecular flexibility index (Phi) is 2.95. The molecule has 0 spiro atoms. The molecule has 2 atom stereocenters. The average Bonchev–Trinajstić information content (AvgIpc) is 2.93. The Labute approximate surface area is 95.3 Å². The Morgan fingerprint density at radius 3 is 2.62 bits per heavy atom. The second kappa shape index (κ2) is 4.39. The number of nitrogens with one attached hydrogen (secondary N) is 1. The predicted octanol–water partition coefficient (Wildman–Crippen LogP) is 1.81. The summed E-state index contributed by atoms with van der Waals surface area (Å²) in [5.41, 5.74) is 7.28. The third kappa shape index (κ3) is 2.86. The molecule has 1 aliphatic carbocycles. The number of anilines is 1. The predicted molar refractivity (Wildman–Crippen MR) is 65.6 cm³/mol. The van der Waals surface area contributed by atoms with E-state index < -0.39 is 0 Å². The highest BCUT2D eigenvalue weighted by molar-refractivity contribution is 5.92. The van der Waals surface area contributed by atoms with Crippen molar-refractivity contribution in [3.8, 4) is 0 Å². The molecular formula is C13H16N2O. The number of benzene rings is 1. The fourth-order valence-electron chi connectivity index (χ4n) is 1.53. The van der Waals surface area contributed by atoms with Gasteiger partial charge in [0.2, 0.25) is 5.91 Å². The van der Waals surface area contributed by atoms with Crippen LogP contribution in [0.1, 0.15) is 18.9 Å². The summed E-state index contributed by atoms with van der Waals surface area (Å²) in [5, 5.41) is 2.93. The molecule has 0 heterocycles. The Hall–Kier alpha value is -1.77. The van der Waals surface area contributed by atoms with Crippen LogP contribution in [0.4, 0.5) is 5.69 Å². The molecule has 1 aromatic rings. The summed E-state index contributed by atoms with van der Waals surface area (Å²) in [6, 6.07) is 7.79. The van der Waals surface area contributed by atoms with Crippen molar-refractivity contribution in [3.05, 3.63) is 35.9 Å². The van der Waals surface area contributed by atoms with Crippen molar-refractivity contribution in [1.29, 1.82) is 0 Å². The summed E-state index contributed by atoms with van der Waals surface area (Å²) >= 11 is 0. The zero-order valence-electron chi connectivity index (χ0n) is 9.31. The molecule has 3 N–H and O–H groups in total. The molecule has 0 radical (unpaired) electrons. The molecule has 1 amide bonds. The normalized spacial score (nSPS) is 23.3. The first-order valence-corrected chi connectivity index (χ1v) is 5.49. The standard InChI is InChI=1S/C13H16N2O/c1-9-8-12(9)15-13(16)7-4-10-2-5-11(14)6-3-10/h2-7,9,12H,8,14H2,1H3,(H,15,16)/b7-4+. The van der Waals surface area contributed by atoms with Crippen molar-refractivity contribution < 1.29 is 4.79 Å². The van der Waals surface area contributed by atoms with Gasteiger partial charge in [0.25, 0.3) is 0 Å². The van der Waals surface area contributed by atoms with Gasteiger partial charge in [-0.05, 0) is 36.1 Å². The maximum absolute atomic E-state index is 11.5. The first-order chi connectivity index (χ1) is 7.65. The molecule has 2 rings (SSSR count). The van der Waals surface area contributed by atoms with E-state index >= 15 is 0 Å². The summed E-state index contributed by atoms with van der Waals surface area (Å²) in [7, 11) is 0. The van der Waals surface area contributed by atoms with Gasteiger partial charge in [0, 0.05) is 17.8 Å². The maximum atomic E-state index is 11.5. The van der Waals surface area contributed by atoms with Crippen molar-refractivity contribution in [2.45, 2.75) is 19.4 Å². The lowest BCUT2D eigenvalue weighted by atomic mass is 10.2. The van der Waals surface area contributed by atoms with Crippen LogP contribution in [0.15, 0.2) is 30.3 Å². The smallest absolute Gasteiger partial charge is 0.244 e. The average molecular weight is 216 g/mol. The van der Waals surface area contributed by atoms with Gasteiger partial charge in [-0.15, -0.1) is 0 Å². The topological polar surface area (TPSA) is 55.1 Å². The molecular weight excluding hydrogens is 200 g/mol. The SMILES string of the molecule is CC1CC1NC(=O)/C=C/c1ccc(N)cc1. The number of rotatable bonds is 3. The zero-order chi connectivity index (χ0) is 11.5. The number of carbonyl (C=O) groups excluding carboxylic acids is 1. The molecule has 2 unspecified atom stereocenters. The van der Waals surface area contributed by atoms with Gasteiger partial charge < -0.3 is 11.1 Å². The summed E-state index contributed by atoms with van der Waals surface area (Å²) in [6.07, 6.45) is 4.46. The molecule has 1 aliphatic rings. The Morgan fingerprint density at radius 2 is 2.06 bits per heavy atom. The monoisotopic (exact) mass is 216 g/mol. The Morgan fingerprint density at radius 1 is 1.44 bits per heavy atom. The van der Waals surface area contributed by atoms with E-state index in [0.717, 1.165) is 17.7 Å². The number of hydrogen-bond donors (Lipinski definition) is 2. The van der Waals surface area contributed by atoms with Gasteiger partial charge in [-0.2, -0.15) is 0 Å². The minimum absolute atomic E-state index is 0.0221. The van der Waals surface area contributed by atoms with E-state index in [9.17, 15) is 4.79 Å². The fourth-order valence-corrected chi connectivity index (χ4v) is 1.53. The lowest BCUT2D eigenvalue weighted by Gasteiger charge is -1.98. The third-order valence-electron chi connectivity index (χ3n) is 2.80. The van der Waals surface area contributed by atoms with Crippen LogP contribution in [-0.4, -0.2) is 11.9 Å². The second-order valence-electron chi connectivity index (χ2n) is 4.33. The van der Waals surface area contributed by atoms with E-state index in [4.69, 9.17) is 5.73 Å². The van der Waals surface area contributed by atoms with Crippen LogP contribution >= 0.6 is 0 Å². The largest absolute Gasteiger partial charge is 0.399 e. The minimum atomic E-state index is -0.0221. The number of amides is 1. The summed E-state index contributed by atoms with van der Waals surface area (Å²) in [4.78, 5) is 11.5. The molecule has 0 saturated heterocycles. The molecule has 84 valence electrons. The zero-order valence-corrected chi connectivity index (χ0v) is 9.31. The van der Waals surface area contributed by atoms with Crippen molar-refractivity contribution in [3.63, 3.8) is 0 Å². The van der Waals surface area contributed by atoms with Crippen LogP contribution < -0.4 is 11.1 Å². The summed E-state index contributed by atoms with van der Waals surface area (Å²) < 4.78 is 0. The van der Waals surface area contributed by atoms with Gasteiger partial charge >= 0.3 is 0 Å². The molecule has 3 nitrogen and oxygen atoms in total. The summed E-state index contributed by atoms with van der Waals surface area (Å²) in [6.45, 7) is 2.13. The van der Waals surface area contributed by atoms with Crippen LogP contribution in [0.3, 0.4) is 0 Å². The van der Waals surface area contributed by atoms with Gasteiger partial charge in [-0.3, -0.25) is 4.79 Å². The van der Waals surface area contributed by atoms with Crippen LogP contribution in [0.5, 0.6) is 0 Å². The lowest BCUT2D eigenvalue weighted by Crippen LogP contribution is -2.24. The first kappa shape index (κ1) is 10.7. The van der Waals surface area contributed by atoms with Crippen molar-refractivity contribution in [2.75, 3.05) is 5.73 Å². The van der Waals surface area contributed by atoms with E-state index in [1.165, 1.54) is 0 Å². The number of nitrogens with two attached hydrogens (primary N) is 1. The first-order valence-electron chi connectivity index (χ1n) is 5.49. The van der Waals surface area contributed by atoms with Crippen molar-refractivity contribution in [2.24, 2.45) is 5.92 Å². The van der Waals surface area contributed by atoms with Gasteiger partial charge in [0.1, 0.15) is 0 Å². The highest BCUT2D eigenvalue weighted by Gasteiger charge is 2.33. The molecule has 0 aliphatic heterocycles.